The summed E-state index contributed by atoms with van der Waals surface area (Å²) < 4.78 is 5.63. The van der Waals surface area contributed by atoms with Crippen LogP contribution in [0.1, 0.15) is 15.9 Å². The summed E-state index contributed by atoms with van der Waals surface area (Å²) in [4.78, 5) is 23.9. The predicted octanol–water partition coefficient (Wildman–Crippen LogP) is 2.88. The van der Waals surface area contributed by atoms with Crippen LogP contribution in [0.15, 0.2) is 48.5 Å². The Morgan fingerprint density at radius 1 is 1.18 bits per heavy atom. The summed E-state index contributed by atoms with van der Waals surface area (Å²) in [7, 11) is 3.23. The van der Waals surface area contributed by atoms with Gasteiger partial charge in [0.05, 0.1) is 16.6 Å². The molecule has 6 nitrogen and oxygen atoms in total. The Hall–Kier alpha value is -2.89. The molecule has 22 heavy (non-hydrogen) atoms. The second kappa shape index (κ2) is 6.71. The Kier molecular flexibility index (Phi) is 4.73. The molecule has 0 aliphatic carbocycles. The smallest absolute Gasteiger partial charge is 0.273 e. The highest BCUT2D eigenvalue weighted by molar-refractivity contribution is 5.97. The number of nitrogens with zero attached hydrogens (tertiary/aromatic N) is 2. The van der Waals surface area contributed by atoms with Gasteiger partial charge in [0.2, 0.25) is 0 Å². The minimum Gasteiger partial charge on any atom is -0.488 e. The van der Waals surface area contributed by atoms with E-state index in [2.05, 4.69) is 0 Å². The van der Waals surface area contributed by atoms with Crippen LogP contribution in [0.5, 0.6) is 5.75 Å². The molecular formula is C16H16N2O4. The van der Waals surface area contributed by atoms with E-state index in [0.29, 0.717) is 5.56 Å². The van der Waals surface area contributed by atoms with Gasteiger partial charge in [0.1, 0.15) is 12.4 Å². The van der Waals surface area contributed by atoms with Gasteiger partial charge in [0, 0.05) is 20.2 Å². The zero-order chi connectivity index (χ0) is 16.1. The number of carbonyl (C=O) groups is 1. The first-order chi connectivity index (χ1) is 10.5. The Labute approximate surface area is 128 Å². The van der Waals surface area contributed by atoms with Gasteiger partial charge in [-0.15, -0.1) is 0 Å². The van der Waals surface area contributed by atoms with E-state index < -0.39 is 4.92 Å². The van der Waals surface area contributed by atoms with E-state index in [4.69, 9.17) is 4.74 Å². The highest BCUT2D eigenvalue weighted by Gasteiger charge is 2.18. The molecule has 6 heteroatoms. The second-order valence-electron chi connectivity index (χ2n) is 4.91. The lowest BCUT2D eigenvalue weighted by Gasteiger charge is -2.14. The molecule has 0 saturated carbocycles. The maximum Gasteiger partial charge on any atom is 0.273 e. The maximum absolute atomic E-state index is 12.1. The summed E-state index contributed by atoms with van der Waals surface area (Å²) >= 11 is 0. The number of nitro benzene ring substituents is 1. The molecule has 0 fully saturated rings. The van der Waals surface area contributed by atoms with E-state index in [1.807, 2.05) is 30.3 Å². The van der Waals surface area contributed by atoms with Crippen LogP contribution >= 0.6 is 0 Å². The van der Waals surface area contributed by atoms with Crippen molar-refractivity contribution in [3.8, 4) is 5.75 Å². The fourth-order valence-corrected chi connectivity index (χ4v) is 1.90. The molecule has 114 valence electrons. The van der Waals surface area contributed by atoms with Crippen molar-refractivity contribution in [2.45, 2.75) is 6.61 Å². The summed E-state index contributed by atoms with van der Waals surface area (Å²) in [6, 6.07) is 13.4. The second-order valence-corrected chi connectivity index (χ2v) is 4.91. The maximum atomic E-state index is 12.1. The van der Waals surface area contributed by atoms with Crippen molar-refractivity contribution in [2.24, 2.45) is 0 Å². The Bertz CT molecular complexity index is 684. The van der Waals surface area contributed by atoms with Crippen molar-refractivity contribution in [3.63, 3.8) is 0 Å². The summed E-state index contributed by atoms with van der Waals surface area (Å²) in [5, 5.41) is 10.9. The highest BCUT2D eigenvalue weighted by atomic mass is 16.6. The Morgan fingerprint density at radius 2 is 1.86 bits per heavy atom. The molecule has 2 aromatic carbocycles. The highest BCUT2D eigenvalue weighted by Crippen LogP contribution is 2.26. The third kappa shape index (κ3) is 3.60. The zero-order valence-corrected chi connectivity index (χ0v) is 12.4. The largest absolute Gasteiger partial charge is 0.488 e. The number of nitro groups is 1. The number of hydrogen-bond acceptors (Lipinski definition) is 4. The summed E-state index contributed by atoms with van der Waals surface area (Å²) in [5.74, 6) is -0.0605. The molecule has 0 aliphatic heterocycles. The monoisotopic (exact) mass is 300 g/mol. The Morgan fingerprint density at radius 3 is 2.45 bits per heavy atom. The Balaban J connectivity index is 2.31. The molecule has 2 aromatic rings. The van der Waals surface area contributed by atoms with Crippen LogP contribution in [0.25, 0.3) is 0 Å². The lowest BCUT2D eigenvalue weighted by Crippen LogP contribution is -2.22. The molecule has 2 rings (SSSR count). The van der Waals surface area contributed by atoms with Crippen LogP contribution in [0.4, 0.5) is 5.69 Å². The van der Waals surface area contributed by atoms with E-state index in [1.165, 1.54) is 23.1 Å². The van der Waals surface area contributed by atoms with E-state index in [9.17, 15) is 14.9 Å². The standard InChI is InChI=1S/C16H16N2O4/c1-17(2)16(19)14-9-8-13(18(20)21)10-15(14)22-11-12-6-4-3-5-7-12/h3-10H,11H2,1-2H3. The van der Waals surface area contributed by atoms with Crippen LogP contribution in [-0.4, -0.2) is 29.8 Å². The topological polar surface area (TPSA) is 72.7 Å². The van der Waals surface area contributed by atoms with Gasteiger partial charge in [-0.3, -0.25) is 14.9 Å². The molecular weight excluding hydrogens is 284 g/mol. The average Bonchev–Trinajstić information content (AvgIpc) is 2.52. The number of carbonyl (C=O) groups excluding carboxylic acids is 1. The van der Waals surface area contributed by atoms with Crippen LogP contribution in [0, 0.1) is 10.1 Å². The first kappa shape index (κ1) is 15.5. The van der Waals surface area contributed by atoms with Gasteiger partial charge < -0.3 is 9.64 Å². The lowest BCUT2D eigenvalue weighted by atomic mass is 10.1. The van der Waals surface area contributed by atoms with Crippen molar-refractivity contribution in [1.29, 1.82) is 0 Å². The van der Waals surface area contributed by atoms with Gasteiger partial charge in [-0.2, -0.15) is 0 Å². The molecule has 0 radical (unpaired) electrons. The minimum atomic E-state index is -0.515. The van der Waals surface area contributed by atoms with Crippen molar-refractivity contribution >= 4 is 11.6 Å². The van der Waals surface area contributed by atoms with Gasteiger partial charge in [0.15, 0.2) is 0 Å². The summed E-state index contributed by atoms with van der Waals surface area (Å²) in [6.07, 6.45) is 0. The van der Waals surface area contributed by atoms with Crippen molar-refractivity contribution in [1.82, 2.24) is 4.90 Å². The third-order valence-electron chi connectivity index (χ3n) is 3.05. The lowest BCUT2D eigenvalue weighted by molar-refractivity contribution is -0.384. The molecule has 0 atom stereocenters. The van der Waals surface area contributed by atoms with Crippen LogP contribution in [0.3, 0.4) is 0 Å². The summed E-state index contributed by atoms with van der Waals surface area (Å²) in [6.45, 7) is 0.232. The molecule has 0 saturated heterocycles. The molecule has 0 aliphatic rings. The zero-order valence-electron chi connectivity index (χ0n) is 12.4. The number of amides is 1. The number of non-ortho nitro benzene ring substituents is 1. The number of rotatable bonds is 5. The molecule has 0 aromatic heterocycles. The predicted molar refractivity (Wildman–Crippen MR) is 81.9 cm³/mol. The number of benzene rings is 2. The number of hydrogen-bond donors (Lipinski definition) is 0. The van der Waals surface area contributed by atoms with E-state index in [-0.39, 0.29) is 24.0 Å². The third-order valence-corrected chi connectivity index (χ3v) is 3.05. The molecule has 0 unspecified atom stereocenters. The molecule has 0 spiro atoms. The van der Waals surface area contributed by atoms with Crippen LogP contribution in [-0.2, 0) is 6.61 Å². The average molecular weight is 300 g/mol. The van der Waals surface area contributed by atoms with Crippen LogP contribution in [0.2, 0.25) is 0 Å². The van der Waals surface area contributed by atoms with E-state index in [1.54, 1.807) is 14.1 Å². The van der Waals surface area contributed by atoms with Gasteiger partial charge in [0.25, 0.3) is 11.6 Å². The molecule has 0 bridgehead atoms. The fourth-order valence-electron chi connectivity index (χ4n) is 1.90. The van der Waals surface area contributed by atoms with Gasteiger partial charge in [-0.1, -0.05) is 30.3 Å². The molecule has 1 amide bonds. The fraction of sp³-hybridized carbons (Fsp3) is 0.188. The number of ether oxygens (including phenoxy) is 1. The van der Waals surface area contributed by atoms with Crippen LogP contribution < -0.4 is 4.74 Å². The normalized spacial score (nSPS) is 10.1. The van der Waals surface area contributed by atoms with Gasteiger partial charge in [-0.05, 0) is 11.6 Å². The van der Waals surface area contributed by atoms with Crippen molar-refractivity contribution in [2.75, 3.05) is 14.1 Å². The SMILES string of the molecule is CN(C)C(=O)c1ccc([N+](=O)[O-])cc1OCc1ccccc1. The van der Waals surface area contributed by atoms with E-state index in [0.717, 1.165) is 5.56 Å². The van der Waals surface area contributed by atoms with Crippen molar-refractivity contribution in [3.05, 3.63) is 69.8 Å². The van der Waals surface area contributed by atoms with E-state index >= 15 is 0 Å². The summed E-state index contributed by atoms with van der Waals surface area (Å²) in [5.41, 5.74) is 1.10. The van der Waals surface area contributed by atoms with Crippen molar-refractivity contribution < 1.29 is 14.5 Å². The quantitative estimate of drug-likeness (QED) is 0.628. The van der Waals surface area contributed by atoms with Gasteiger partial charge in [-0.25, -0.2) is 0 Å². The minimum absolute atomic E-state index is 0.113. The first-order valence-electron chi connectivity index (χ1n) is 6.66. The van der Waals surface area contributed by atoms with Gasteiger partial charge >= 0.3 is 0 Å². The first-order valence-corrected chi connectivity index (χ1v) is 6.66. The molecule has 0 heterocycles. The molecule has 0 N–H and O–H groups in total.